The third kappa shape index (κ3) is 5.10. The van der Waals surface area contributed by atoms with E-state index in [-0.39, 0.29) is 29.6 Å². The summed E-state index contributed by atoms with van der Waals surface area (Å²) in [6.45, 7) is 3.69. The van der Waals surface area contributed by atoms with Crippen molar-refractivity contribution in [1.29, 1.82) is 0 Å². The molecule has 1 aromatic carbocycles. The molecule has 0 spiro atoms. The summed E-state index contributed by atoms with van der Waals surface area (Å²) in [4.78, 5) is 14.3. The van der Waals surface area contributed by atoms with Crippen molar-refractivity contribution in [2.45, 2.75) is 19.3 Å². The van der Waals surface area contributed by atoms with E-state index >= 15 is 0 Å². The summed E-state index contributed by atoms with van der Waals surface area (Å²) in [6.07, 6.45) is 3.79. The number of phenols is 1. The summed E-state index contributed by atoms with van der Waals surface area (Å²) in [5.41, 5.74) is 0.282. The molecule has 1 aliphatic heterocycles. The molecule has 0 aromatic heterocycles. The Bertz CT molecular complexity index is 462. The van der Waals surface area contributed by atoms with Gasteiger partial charge in [-0.05, 0) is 38.1 Å². The first kappa shape index (κ1) is 17.6. The molecular formula is C15H23ClN2O3. The number of carbonyl (C=O) groups excluding carboxylic acids is 1. The third-order valence-corrected chi connectivity index (χ3v) is 3.61. The number of hydrogen-bond acceptors (Lipinski definition) is 4. The number of amides is 1. The minimum absolute atomic E-state index is 0. The van der Waals surface area contributed by atoms with Gasteiger partial charge in [-0.1, -0.05) is 6.42 Å². The van der Waals surface area contributed by atoms with E-state index in [0.29, 0.717) is 12.3 Å². The van der Waals surface area contributed by atoms with Gasteiger partial charge in [-0.3, -0.25) is 4.79 Å². The van der Waals surface area contributed by atoms with Crippen LogP contribution in [0, 0.1) is 0 Å². The number of rotatable bonds is 5. The molecule has 0 atom stereocenters. The first-order chi connectivity index (χ1) is 9.70. The quantitative estimate of drug-likeness (QED) is 0.873. The fourth-order valence-electron chi connectivity index (χ4n) is 2.44. The van der Waals surface area contributed by atoms with Gasteiger partial charge in [0.05, 0.1) is 12.7 Å². The molecule has 1 heterocycles. The summed E-state index contributed by atoms with van der Waals surface area (Å²) in [6, 6.07) is 4.68. The number of piperidine rings is 1. The zero-order valence-electron chi connectivity index (χ0n) is 12.3. The molecule has 0 bridgehead atoms. The molecule has 1 aliphatic rings. The topological polar surface area (TPSA) is 61.8 Å². The van der Waals surface area contributed by atoms with Crippen LogP contribution in [0.3, 0.4) is 0 Å². The number of halogens is 1. The molecule has 1 saturated heterocycles. The lowest BCUT2D eigenvalue weighted by atomic mass is 10.1. The van der Waals surface area contributed by atoms with Crippen LogP contribution in [0.15, 0.2) is 18.2 Å². The van der Waals surface area contributed by atoms with E-state index in [2.05, 4.69) is 10.2 Å². The van der Waals surface area contributed by atoms with Gasteiger partial charge in [-0.25, -0.2) is 0 Å². The molecule has 1 amide bonds. The van der Waals surface area contributed by atoms with Crippen LogP contribution in [0.1, 0.15) is 29.6 Å². The van der Waals surface area contributed by atoms with Crippen LogP contribution >= 0.6 is 12.4 Å². The first-order valence-corrected chi connectivity index (χ1v) is 7.08. The van der Waals surface area contributed by atoms with E-state index in [1.54, 1.807) is 12.1 Å². The van der Waals surface area contributed by atoms with E-state index in [0.717, 1.165) is 19.6 Å². The highest BCUT2D eigenvalue weighted by Gasteiger charge is 2.13. The van der Waals surface area contributed by atoms with Crippen molar-refractivity contribution in [2.24, 2.45) is 0 Å². The van der Waals surface area contributed by atoms with Crippen molar-refractivity contribution in [1.82, 2.24) is 10.2 Å². The summed E-state index contributed by atoms with van der Waals surface area (Å²) < 4.78 is 4.99. The largest absolute Gasteiger partial charge is 0.507 e. The maximum atomic E-state index is 12.0. The maximum absolute atomic E-state index is 12.0. The summed E-state index contributed by atoms with van der Waals surface area (Å²) in [5, 5.41) is 12.6. The van der Waals surface area contributed by atoms with Crippen molar-refractivity contribution in [3.05, 3.63) is 23.8 Å². The maximum Gasteiger partial charge on any atom is 0.255 e. The van der Waals surface area contributed by atoms with Crippen molar-refractivity contribution < 1.29 is 14.6 Å². The van der Waals surface area contributed by atoms with Crippen molar-refractivity contribution in [3.8, 4) is 11.5 Å². The molecule has 2 N–H and O–H groups in total. The van der Waals surface area contributed by atoms with E-state index in [4.69, 9.17) is 4.74 Å². The van der Waals surface area contributed by atoms with Crippen LogP contribution < -0.4 is 10.1 Å². The first-order valence-electron chi connectivity index (χ1n) is 7.08. The minimum Gasteiger partial charge on any atom is -0.507 e. The molecule has 2 rings (SSSR count). The summed E-state index contributed by atoms with van der Waals surface area (Å²) >= 11 is 0. The van der Waals surface area contributed by atoms with Crippen LogP contribution in [0.25, 0.3) is 0 Å². The molecule has 0 radical (unpaired) electrons. The molecule has 0 saturated carbocycles. The lowest BCUT2D eigenvalue weighted by Crippen LogP contribution is -2.37. The zero-order chi connectivity index (χ0) is 14.4. The Balaban J connectivity index is 0.00000220. The van der Waals surface area contributed by atoms with E-state index in [9.17, 15) is 9.90 Å². The van der Waals surface area contributed by atoms with Crippen LogP contribution in [0.2, 0.25) is 0 Å². The van der Waals surface area contributed by atoms with Crippen molar-refractivity contribution in [2.75, 3.05) is 33.3 Å². The van der Waals surface area contributed by atoms with Crippen molar-refractivity contribution in [3.63, 3.8) is 0 Å². The summed E-state index contributed by atoms with van der Waals surface area (Å²) in [5.74, 6) is 0.231. The highest BCUT2D eigenvalue weighted by molar-refractivity contribution is 5.96. The van der Waals surface area contributed by atoms with Gasteiger partial charge < -0.3 is 20.1 Å². The monoisotopic (exact) mass is 314 g/mol. The standard InChI is InChI=1S/C15H22N2O3.ClH/c1-20-12-5-6-13(14(18)11-12)15(19)16-7-10-17-8-3-2-4-9-17;/h5-6,11,18H,2-4,7-10H2,1H3,(H,16,19);1H. The number of aromatic hydroxyl groups is 1. The number of nitrogens with one attached hydrogen (secondary N) is 1. The summed E-state index contributed by atoms with van der Waals surface area (Å²) in [7, 11) is 1.52. The van der Waals surface area contributed by atoms with Gasteiger partial charge in [-0.2, -0.15) is 0 Å². The number of likely N-dealkylation sites (tertiary alicyclic amines) is 1. The SMILES string of the molecule is COc1ccc(C(=O)NCCN2CCCCC2)c(O)c1.Cl. The number of hydrogen-bond donors (Lipinski definition) is 2. The van der Waals surface area contributed by atoms with Gasteiger partial charge in [0.2, 0.25) is 0 Å². The van der Waals surface area contributed by atoms with Crippen LogP contribution in [0.5, 0.6) is 11.5 Å². The molecule has 0 unspecified atom stereocenters. The predicted octanol–water partition coefficient (Wildman–Crippen LogP) is 2.04. The number of ether oxygens (including phenoxy) is 1. The zero-order valence-corrected chi connectivity index (χ0v) is 13.1. The molecule has 21 heavy (non-hydrogen) atoms. The Hall–Kier alpha value is -1.46. The number of nitrogens with zero attached hydrogens (tertiary/aromatic N) is 1. The predicted molar refractivity (Wildman–Crippen MR) is 84.5 cm³/mol. The third-order valence-electron chi connectivity index (χ3n) is 3.61. The number of methoxy groups -OCH3 is 1. The second-order valence-electron chi connectivity index (χ2n) is 5.04. The highest BCUT2D eigenvalue weighted by Crippen LogP contribution is 2.23. The van der Waals surface area contributed by atoms with E-state index in [1.807, 2.05) is 0 Å². The number of benzene rings is 1. The average molecular weight is 315 g/mol. The average Bonchev–Trinajstić information content (AvgIpc) is 2.48. The van der Waals surface area contributed by atoms with Gasteiger partial charge in [0.15, 0.2) is 0 Å². The normalized spacial score (nSPS) is 15.1. The molecule has 118 valence electrons. The second-order valence-corrected chi connectivity index (χ2v) is 5.04. The van der Waals surface area contributed by atoms with Gasteiger partial charge >= 0.3 is 0 Å². The van der Waals surface area contributed by atoms with Crippen LogP contribution in [-0.4, -0.2) is 49.2 Å². The Morgan fingerprint density at radius 1 is 1.33 bits per heavy atom. The second kappa shape index (κ2) is 8.74. The lowest BCUT2D eigenvalue weighted by molar-refractivity contribution is 0.0944. The van der Waals surface area contributed by atoms with Gasteiger partial charge in [0, 0.05) is 19.2 Å². The van der Waals surface area contributed by atoms with Crippen LogP contribution in [0.4, 0.5) is 0 Å². The Morgan fingerprint density at radius 3 is 2.67 bits per heavy atom. The smallest absolute Gasteiger partial charge is 0.255 e. The van der Waals surface area contributed by atoms with Gasteiger partial charge in [0.25, 0.3) is 5.91 Å². The Kier molecular flexibility index (Phi) is 7.32. The molecule has 5 nitrogen and oxygen atoms in total. The fraction of sp³-hybridized carbons (Fsp3) is 0.533. The molecular weight excluding hydrogens is 292 g/mol. The fourth-order valence-corrected chi connectivity index (χ4v) is 2.44. The van der Waals surface area contributed by atoms with Crippen LogP contribution in [-0.2, 0) is 0 Å². The number of phenolic OH excluding ortho intramolecular Hbond substituents is 1. The Labute approximate surface area is 131 Å². The minimum atomic E-state index is -0.248. The lowest BCUT2D eigenvalue weighted by Gasteiger charge is -2.26. The molecule has 6 heteroatoms. The molecule has 1 aromatic rings. The van der Waals surface area contributed by atoms with Gasteiger partial charge in [0.1, 0.15) is 11.5 Å². The van der Waals surface area contributed by atoms with E-state index < -0.39 is 0 Å². The molecule has 1 fully saturated rings. The number of carbonyl (C=O) groups is 1. The Morgan fingerprint density at radius 2 is 2.05 bits per heavy atom. The van der Waals surface area contributed by atoms with E-state index in [1.165, 1.54) is 32.4 Å². The highest BCUT2D eigenvalue weighted by atomic mass is 35.5. The van der Waals surface area contributed by atoms with Crippen molar-refractivity contribution >= 4 is 18.3 Å². The van der Waals surface area contributed by atoms with Gasteiger partial charge in [-0.15, -0.1) is 12.4 Å². The molecule has 0 aliphatic carbocycles.